The van der Waals surface area contributed by atoms with E-state index in [2.05, 4.69) is 42.0 Å². The van der Waals surface area contributed by atoms with Crippen LogP contribution in [0.3, 0.4) is 0 Å². The molecule has 0 saturated carbocycles. The second-order valence-electron chi connectivity index (χ2n) is 8.04. The molecule has 2 rings (SSSR count). The molecule has 1 N–H and O–H groups in total. The highest BCUT2D eigenvalue weighted by Crippen LogP contribution is 2.35. The summed E-state index contributed by atoms with van der Waals surface area (Å²) in [4.78, 5) is 15.8. The van der Waals surface area contributed by atoms with Gasteiger partial charge in [0.25, 0.3) is 5.91 Å². The maximum Gasteiger partial charge on any atom is 0.259 e. The van der Waals surface area contributed by atoms with Gasteiger partial charge in [-0.25, -0.2) is 0 Å². The predicted octanol–water partition coefficient (Wildman–Crippen LogP) is 6.36. The minimum Gasteiger partial charge on any atom is -0.492 e. The average molecular weight is 475 g/mol. The molecule has 0 aliphatic carbocycles. The van der Waals surface area contributed by atoms with Crippen molar-refractivity contribution in [2.24, 2.45) is 0 Å². The number of nitrogens with one attached hydrogen (secondary N) is 1. The highest BCUT2D eigenvalue weighted by Gasteiger charge is 2.36. The SMILES string of the molecule is CCCC(C)(CCC)N(C(=O)c1ccc(Br)cc1C)c1ccc(OCCNC)cc1. The quantitative estimate of drug-likeness (QED) is 0.385. The average Bonchev–Trinajstić information content (AvgIpc) is 2.69. The van der Waals surface area contributed by atoms with Crippen LogP contribution in [-0.4, -0.2) is 31.6 Å². The number of hydrogen-bond donors (Lipinski definition) is 1. The highest BCUT2D eigenvalue weighted by molar-refractivity contribution is 9.10. The van der Waals surface area contributed by atoms with Gasteiger partial charge in [0.05, 0.1) is 0 Å². The number of carbonyl (C=O) groups is 1. The van der Waals surface area contributed by atoms with Gasteiger partial charge in [0.15, 0.2) is 0 Å². The van der Waals surface area contributed by atoms with Gasteiger partial charge in [-0.15, -0.1) is 0 Å². The van der Waals surface area contributed by atoms with Crippen molar-refractivity contribution in [3.05, 3.63) is 58.1 Å². The monoisotopic (exact) mass is 474 g/mol. The molecular weight excluding hydrogens is 440 g/mol. The molecule has 1 amide bonds. The van der Waals surface area contributed by atoms with Crippen LogP contribution >= 0.6 is 15.9 Å². The smallest absolute Gasteiger partial charge is 0.259 e. The van der Waals surface area contributed by atoms with Gasteiger partial charge in [-0.3, -0.25) is 4.79 Å². The van der Waals surface area contributed by atoms with Crippen LogP contribution in [0.2, 0.25) is 0 Å². The Kier molecular flexibility index (Phi) is 9.37. The molecule has 5 heteroatoms. The summed E-state index contributed by atoms with van der Waals surface area (Å²) >= 11 is 3.51. The molecule has 4 nitrogen and oxygen atoms in total. The number of amides is 1. The molecule has 0 aromatic heterocycles. The maximum absolute atomic E-state index is 13.8. The minimum atomic E-state index is -0.255. The third-order valence-electron chi connectivity index (χ3n) is 5.45. The molecule has 2 aromatic carbocycles. The molecular formula is C25H35BrN2O2. The first kappa shape index (κ1) is 24.4. The van der Waals surface area contributed by atoms with Crippen LogP contribution in [-0.2, 0) is 0 Å². The van der Waals surface area contributed by atoms with Crippen molar-refractivity contribution in [1.29, 1.82) is 0 Å². The molecule has 0 unspecified atom stereocenters. The van der Waals surface area contributed by atoms with Crippen molar-refractivity contribution in [3.63, 3.8) is 0 Å². The van der Waals surface area contributed by atoms with Crippen LogP contribution in [0.5, 0.6) is 5.75 Å². The molecule has 0 spiro atoms. The van der Waals surface area contributed by atoms with Gasteiger partial charge >= 0.3 is 0 Å². The number of nitrogens with zero attached hydrogens (tertiary/aromatic N) is 1. The van der Waals surface area contributed by atoms with Gasteiger partial charge in [-0.1, -0.05) is 42.6 Å². The molecule has 0 fully saturated rings. The van der Waals surface area contributed by atoms with E-state index in [0.29, 0.717) is 6.61 Å². The first-order valence-corrected chi connectivity index (χ1v) is 11.6. The Hall–Kier alpha value is -1.85. The fourth-order valence-electron chi connectivity index (χ4n) is 4.05. The van der Waals surface area contributed by atoms with Crippen molar-refractivity contribution < 1.29 is 9.53 Å². The van der Waals surface area contributed by atoms with Crippen LogP contribution in [0.4, 0.5) is 5.69 Å². The van der Waals surface area contributed by atoms with Crippen molar-refractivity contribution in [2.75, 3.05) is 25.1 Å². The van der Waals surface area contributed by atoms with E-state index >= 15 is 0 Å². The Morgan fingerprint density at radius 3 is 2.27 bits per heavy atom. The van der Waals surface area contributed by atoms with Crippen molar-refractivity contribution >= 4 is 27.5 Å². The second kappa shape index (κ2) is 11.5. The molecule has 0 bridgehead atoms. The third-order valence-corrected chi connectivity index (χ3v) is 5.95. The van der Waals surface area contributed by atoms with E-state index in [1.165, 1.54) is 0 Å². The normalized spacial score (nSPS) is 11.4. The Morgan fingerprint density at radius 2 is 1.73 bits per heavy atom. The summed E-state index contributed by atoms with van der Waals surface area (Å²) < 4.78 is 6.75. The van der Waals surface area contributed by atoms with Gasteiger partial charge in [0, 0.05) is 27.8 Å². The minimum absolute atomic E-state index is 0.0493. The van der Waals surface area contributed by atoms with Crippen LogP contribution in [0.1, 0.15) is 62.4 Å². The third kappa shape index (κ3) is 6.08. The number of halogens is 1. The van der Waals surface area contributed by atoms with Gasteiger partial charge in [-0.05, 0) is 81.8 Å². The lowest BCUT2D eigenvalue weighted by Crippen LogP contribution is -2.50. The molecule has 0 atom stereocenters. The molecule has 164 valence electrons. The Labute approximate surface area is 190 Å². The number of hydrogen-bond acceptors (Lipinski definition) is 3. The van der Waals surface area contributed by atoms with E-state index in [-0.39, 0.29) is 11.4 Å². The van der Waals surface area contributed by atoms with Gasteiger partial charge < -0.3 is 15.0 Å². The standard InChI is InChI=1S/C25H35BrN2O2/c1-6-14-25(4,15-7-2)28(24(29)23-13-8-20(26)18-19(23)3)21-9-11-22(12-10-21)30-17-16-27-5/h8-13,18,27H,6-7,14-17H2,1-5H3. The van der Waals surface area contributed by atoms with Crippen molar-refractivity contribution in [2.45, 2.75) is 58.9 Å². The second-order valence-corrected chi connectivity index (χ2v) is 8.96. The zero-order chi connectivity index (χ0) is 22.1. The predicted molar refractivity (Wildman–Crippen MR) is 130 cm³/mol. The molecule has 2 aromatic rings. The van der Waals surface area contributed by atoms with Crippen LogP contribution in [0, 0.1) is 6.92 Å². The lowest BCUT2D eigenvalue weighted by atomic mass is 9.87. The molecule has 30 heavy (non-hydrogen) atoms. The number of ether oxygens (including phenoxy) is 1. The summed E-state index contributed by atoms with van der Waals surface area (Å²) in [7, 11) is 1.91. The van der Waals surface area contributed by atoms with E-state index in [1.807, 2.05) is 61.3 Å². The number of carbonyl (C=O) groups excluding carboxylic acids is 1. The fraction of sp³-hybridized carbons (Fsp3) is 0.480. The Bertz CT molecular complexity index is 814. The van der Waals surface area contributed by atoms with E-state index in [1.54, 1.807) is 0 Å². The Morgan fingerprint density at radius 1 is 1.10 bits per heavy atom. The topological polar surface area (TPSA) is 41.6 Å². The first-order valence-electron chi connectivity index (χ1n) is 10.8. The van der Waals surface area contributed by atoms with Crippen LogP contribution in [0.15, 0.2) is 46.9 Å². The molecule has 0 saturated heterocycles. The van der Waals surface area contributed by atoms with E-state index in [0.717, 1.165) is 59.3 Å². The molecule has 0 aliphatic heterocycles. The number of anilines is 1. The van der Waals surface area contributed by atoms with Gasteiger partial charge in [-0.2, -0.15) is 0 Å². The van der Waals surface area contributed by atoms with E-state index in [4.69, 9.17) is 4.74 Å². The summed E-state index contributed by atoms with van der Waals surface area (Å²) in [5, 5.41) is 3.08. The summed E-state index contributed by atoms with van der Waals surface area (Å²) in [5.74, 6) is 0.863. The van der Waals surface area contributed by atoms with Crippen LogP contribution in [0.25, 0.3) is 0 Å². The van der Waals surface area contributed by atoms with E-state index in [9.17, 15) is 4.79 Å². The molecule has 0 radical (unpaired) electrons. The van der Waals surface area contributed by atoms with Crippen LogP contribution < -0.4 is 15.0 Å². The zero-order valence-corrected chi connectivity index (χ0v) is 20.5. The zero-order valence-electron chi connectivity index (χ0n) is 18.9. The number of aryl methyl sites for hydroxylation is 1. The van der Waals surface area contributed by atoms with Crippen molar-refractivity contribution in [1.82, 2.24) is 5.32 Å². The molecule has 0 aliphatic rings. The van der Waals surface area contributed by atoms with Crippen molar-refractivity contribution in [3.8, 4) is 5.75 Å². The van der Waals surface area contributed by atoms with Gasteiger partial charge in [0.2, 0.25) is 0 Å². The number of rotatable bonds is 11. The number of likely N-dealkylation sites (N-methyl/N-ethyl adjacent to an activating group) is 1. The summed E-state index contributed by atoms with van der Waals surface area (Å²) in [6, 6.07) is 13.8. The number of benzene rings is 2. The summed E-state index contributed by atoms with van der Waals surface area (Å²) in [5.41, 5.74) is 2.37. The first-order chi connectivity index (χ1) is 14.4. The van der Waals surface area contributed by atoms with E-state index < -0.39 is 0 Å². The largest absolute Gasteiger partial charge is 0.492 e. The fourth-order valence-corrected chi connectivity index (χ4v) is 4.53. The lowest BCUT2D eigenvalue weighted by molar-refractivity contribution is 0.0950. The lowest BCUT2D eigenvalue weighted by Gasteiger charge is -2.42. The van der Waals surface area contributed by atoms with Gasteiger partial charge in [0.1, 0.15) is 12.4 Å². The maximum atomic E-state index is 13.8. The Balaban J connectivity index is 2.46. The molecule has 0 heterocycles. The summed E-state index contributed by atoms with van der Waals surface area (Å²) in [6.07, 6.45) is 3.93. The summed E-state index contributed by atoms with van der Waals surface area (Å²) in [6.45, 7) is 9.97. The highest BCUT2D eigenvalue weighted by atomic mass is 79.9.